The van der Waals surface area contributed by atoms with Crippen LogP contribution in [0.2, 0.25) is 0 Å². The molecule has 0 saturated carbocycles. The molecule has 0 saturated heterocycles. The van der Waals surface area contributed by atoms with Crippen LogP contribution >= 0.6 is 11.8 Å². The molecular weight excluding hydrogens is 252 g/mol. The predicted molar refractivity (Wildman–Crippen MR) is 70.4 cm³/mol. The molecule has 0 aliphatic rings. The molecule has 0 heterocycles. The van der Waals surface area contributed by atoms with Gasteiger partial charge in [-0.25, -0.2) is 0 Å². The molecule has 1 rings (SSSR count). The van der Waals surface area contributed by atoms with Crippen molar-refractivity contribution in [3.05, 3.63) is 29.8 Å². The van der Waals surface area contributed by atoms with Crippen LogP contribution < -0.4 is 0 Å². The fourth-order valence-electron chi connectivity index (χ4n) is 1.62. The van der Waals surface area contributed by atoms with E-state index in [4.69, 9.17) is 4.74 Å². The summed E-state index contributed by atoms with van der Waals surface area (Å²) >= 11 is 1.48. The second-order valence-electron chi connectivity index (χ2n) is 3.76. The van der Waals surface area contributed by atoms with Crippen molar-refractivity contribution in [3.63, 3.8) is 0 Å². The van der Waals surface area contributed by atoms with Crippen molar-refractivity contribution in [2.24, 2.45) is 0 Å². The number of benzene rings is 1. The minimum atomic E-state index is -1.16. The van der Waals surface area contributed by atoms with Gasteiger partial charge in [0.25, 0.3) is 0 Å². The van der Waals surface area contributed by atoms with Crippen molar-refractivity contribution >= 4 is 17.7 Å². The predicted octanol–water partition coefficient (Wildman–Crippen LogP) is 1.76. The maximum Gasteiger partial charge on any atom is 0.308 e. The second-order valence-corrected chi connectivity index (χ2v) is 4.61. The Labute approximate surface area is 111 Å². The standard InChI is InChI=1S/C13H18O4S/c1-3-17-12(15)8-10(14)13(16)9-6-4-5-7-11(9)18-2/h4-7,10,13-14,16H,3,8H2,1-2H3. The summed E-state index contributed by atoms with van der Waals surface area (Å²) in [6.07, 6.45) is -0.559. The Balaban J connectivity index is 2.73. The van der Waals surface area contributed by atoms with Crippen molar-refractivity contribution < 1.29 is 19.7 Å². The number of hydrogen-bond donors (Lipinski definition) is 2. The molecule has 2 atom stereocenters. The summed E-state index contributed by atoms with van der Waals surface area (Å²) in [5, 5.41) is 19.9. The largest absolute Gasteiger partial charge is 0.466 e. The summed E-state index contributed by atoms with van der Waals surface area (Å²) in [6.45, 7) is 1.97. The Kier molecular flexibility index (Phi) is 6.18. The number of rotatable bonds is 6. The zero-order valence-corrected chi connectivity index (χ0v) is 11.3. The monoisotopic (exact) mass is 270 g/mol. The number of esters is 1. The number of aliphatic hydroxyl groups is 2. The van der Waals surface area contributed by atoms with Crippen LogP contribution in [-0.2, 0) is 9.53 Å². The van der Waals surface area contributed by atoms with E-state index in [1.807, 2.05) is 18.4 Å². The molecule has 0 aromatic heterocycles. The molecule has 1 aromatic carbocycles. The summed E-state index contributed by atoms with van der Waals surface area (Å²) in [6, 6.07) is 7.25. The van der Waals surface area contributed by atoms with Crippen molar-refractivity contribution in [3.8, 4) is 0 Å². The molecule has 18 heavy (non-hydrogen) atoms. The topological polar surface area (TPSA) is 66.8 Å². The average Bonchev–Trinajstić information content (AvgIpc) is 2.38. The molecule has 0 amide bonds. The Hall–Kier alpha value is -1.04. The van der Waals surface area contributed by atoms with E-state index in [-0.39, 0.29) is 13.0 Å². The van der Waals surface area contributed by atoms with Crippen molar-refractivity contribution in [1.29, 1.82) is 0 Å². The van der Waals surface area contributed by atoms with Crippen molar-refractivity contribution in [1.82, 2.24) is 0 Å². The van der Waals surface area contributed by atoms with Gasteiger partial charge >= 0.3 is 5.97 Å². The highest BCUT2D eigenvalue weighted by molar-refractivity contribution is 7.98. The highest BCUT2D eigenvalue weighted by Crippen LogP contribution is 2.28. The van der Waals surface area contributed by atoms with Gasteiger partial charge in [-0.2, -0.15) is 0 Å². The lowest BCUT2D eigenvalue weighted by molar-refractivity contribution is -0.147. The molecule has 2 unspecified atom stereocenters. The molecule has 0 radical (unpaired) electrons. The first-order chi connectivity index (χ1) is 8.60. The Bertz CT molecular complexity index is 394. The molecule has 0 aliphatic heterocycles. The van der Waals surface area contributed by atoms with Crippen LogP contribution in [-0.4, -0.2) is 35.1 Å². The minimum Gasteiger partial charge on any atom is -0.466 e. The van der Waals surface area contributed by atoms with E-state index in [1.165, 1.54) is 11.8 Å². The first-order valence-corrected chi connectivity index (χ1v) is 6.97. The van der Waals surface area contributed by atoms with Crippen molar-refractivity contribution in [2.45, 2.75) is 30.4 Å². The lowest BCUT2D eigenvalue weighted by atomic mass is 10.0. The number of carbonyl (C=O) groups excluding carboxylic acids is 1. The van der Waals surface area contributed by atoms with Gasteiger partial charge in [0.05, 0.1) is 19.1 Å². The van der Waals surface area contributed by atoms with Gasteiger partial charge in [-0.1, -0.05) is 18.2 Å². The molecular formula is C13H18O4S. The van der Waals surface area contributed by atoms with Crippen LogP contribution in [0.4, 0.5) is 0 Å². The summed E-state index contributed by atoms with van der Waals surface area (Å²) in [5.41, 5.74) is 0.627. The Morgan fingerprint density at radius 1 is 1.39 bits per heavy atom. The molecule has 0 fully saturated rings. The van der Waals surface area contributed by atoms with Crippen LogP contribution in [0.3, 0.4) is 0 Å². The fourth-order valence-corrected chi connectivity index (χ4v) is 2.26. The molecule has 2 N–H and O–H groups in total. The Morgan fingerprint density at radius 2 is 2.06 bits per heavy atom. The lowest BCUT2D eigenvalue weighted by Gasteiger charge is -2.19. The van der Waals surface area contributed by atoms with Crippen LogP contribution in [0.25, 0.3) is 0 Å². The van der Waals surface area contributed by atoms with E-state index >= 15 is 0 Å². The fraction of sp³-hybridized carbons (Fsp3) is 0.462. The quantitative estimate of drug-likeness (QED) is 0.609. The summed E-state index contributed by atoms with van der Waals surface area (Å²) in [7, 11) is 0. The van der Waals surface area contributed by atoms with Crippen molar-refractivity contribution in [2.75, 3.05) is 12.9 Å². The number of ether oxygens (including phenoxy) is 1. The number of thioether (sulfide) groups is 1. The van der Waals surface area contributed by atoms with Gasteiger partial charge in [0, 0.05) is 4.90 Å². The average molecular weight is 270 g/mol. The van der Waals surface area contributed by atoms with Gasteiger partial charge in [0.2, 0.25) is 0 Å². The molecule has 0 bridgehead atoms. The van der Waals surface area contributed by atoms with Gasteiger partial charge in [-0.15, -0.1) is 11.8 Å². The van der Waals surface area contributed by atoms with E-state index in [2.05, 4.69) is 0 Å². The summed E-state index contributed by atoms with van der Waals surface area (Å²) in [5.74, 6) is -0.509. The third-order valence-corrected chi connectivity index (χ3v) is 3.31. The SMILES string of the molecule is CCOC(=O)CC(O)C(O)c1ccccc1SC. The summed E-state index contributed by atoms with van der Waals surface area (Å²) < 4.78 is 4.74. The molecule has 5 heteroatoms. The second kappa shape index (κ2) is 7.41. The van der Waals surface area contributed by atoms with Crippen LogP contribution in [0.1, 0.15) is 25.0 Å². The third-order valence-electron chi connectivity index (χ3n) is 2.50. The number of aliphatic hydroxyl groups excluding tert-OH is 2. The normalized spacial score (nSPS) is 14.0. The van der Waals surface area contributed by atoms with Gasteiger partial charge in [-0.3, -0.25) is 4.79 Å². The number of carbonyl (C=O) groups is 1. The zero-order valence-electron chi connectivity index (χ0n) is 10.5. The number of hydrogen-bond acceptors (Lipinski definition) is 5. The summed E-state index contributed by atoms with van der Waals surface area (Å²) in [4.78, 5) is 12.1. The van der Waals surface area contributed by atoms with Gasteiger partial charge < -0.3 is 14.9 Å². The zero-order chi connectivity index (χ0) is 13.5. The molecule has 4 nitrogen and oxygen atoms in total. The molecule has 1 aromatic rings. The maximum absolute atomic E-state index is 11.2. The van der Waals surface area contributed by atoms with E-state index < -0.39 is 18.2 Å². The van der Waals surface area contributed by atoms with E-state index in [1.54, 1.807) is 19.1 Å². The van der Waals surface area contributed by atoms with Gasteiger partial charge in [0.15, 0.2) is 0 Å². The van der Waals surface area contributed by atoms with E-state index in [0.29, 0.717) is 5.56 Å². The molecule has 100 valence electrons. The van der Waals surface area contributed by atoms with Gasteiger partial charge in [0.1, 0.15) is 6.10 Å². The highest BCUT2D eigenvalue weighted by Gasteiger charge is 2.23. The van der Waals surface area contributed by atoms with E-state index in [0.717, 1.165) is 4.90 Å². The smallest absolute Gasteiger partial charge is 0.308 e. The minimum absolute atomic E-state index is 0.211. The van der Waals surface area contributed by atoms with E-state index in [9.17, 15) is 15.0 Å². The van der Waals surface area contributed by atoms with Crippen LogP contribution in [0.5, 0.6) is 0 Å². The maximum atomic E-state index is 11.2. The third kappa shape index (κ3) is 4.01. The van der Waals surface area contributed by atoms with Gasteiger partial charge in [-0.05, 0) is 24.8 Å². The molecule has 0 aliphatic carbocycles. The highest BCUT2D eigenvalue weighted by atomic mass is 32.2. The first-order valence-electron chi connectivity index (χ1n) is 5.74. The van der Waals surface area contributed by atoms with Crippen LogP contribution in [0, 0.1) is 0 Å². The first kappa shape index (κ1) is 15.0. The van der Waals surface area contributed by atoms with Crippen LogP contribution in [0.15, 0.2) is 29.2 Å². The molecule has 0 spiro atoms. The Morgan fingerprint density at radius 3 is 2.67 bits per heavy atom. The lowest BCUT2D eigenvalue weighted by Crippen LogP contribution is -2.23.